The van der Waals surface area contributed by atoms with Crippen LogP contribution in [0.5, 0.6) is 0 Å². The maximum absolute atomic E-state index is 13.8. The van der Waals surface area contributed by atoms with Crippen molar-refractivity contribution in [2.45, 2.75) is 32.1 Å². The average molecular weight is 555 g/mol. The molecule has 1 aliphatic heterocycles. The minimum Gasteiger partial charge on any atom is -0.359 e. The molecule has 1 fully saturated rings. The highest BCUT2D eigenvalue weighted by atomic mass is 127. The summed E-state index contributed by atoms with van der Waals surface area (Å²) < 4.78 is 14.6. The smallest absolute Gasteiger partial charge is 0.220 e. The number of hydrogen-bond donors (Lipinski definition) is 2. The molecule has 0 unspecified atom stereocenters. The molecule has 1 heterocycles. The predicted molar refractivity (Wildman–Crippen MR) is 122 cm³/mol. The van der Waals surface area contributed by atoms with E-state index in [0.717, 1.165) is 54.9 Å². The first-order valence-corrected chi connectivity index (χ1v) is 9.93. The minimum atomic E-state index is -0.165. The highest BCUT2D eigenvalue weighted by Crippen LogP contribution is 2.20. The summed E-state index contributed by atoms with van der Waals surface area (Å²) >= 11 is 3.28. The summed E-state index contributed by atoms with van der Waals surface area (Å²) in [6.07, 6.45) is 4.13. The van der Waals surface area contributed by atoms with Crippen molar-refractivity contribution in [3.05, 3.63) is 34.1 Å². The van der Waals surface area contributed by atoms with Crippen LogP contribution >= 0.6 is 39.9 Å². The SMILES string of the molecule is CN=C(NCCCc1ccc(Br)cc1F)N1CCC(CC(=O)NC)CC1.I. The third kappa shape index (κ3) is 7.93. The van der Waals surface area contributed by atoms with Crippen molar-refractivity contribution >= 4 is 51.8 Å². The van der Waals surface area contributed by atoms with Gasteiger partial charge in [-0.2, -0.15) is 0 Å². The number of piperidine rings is 1. The van der Waals surface area contributed by atoms with Crippen LogP contribution in [0.1, 0.15) is 31.2 Å². The number of aliphatic imine (C=N–C) groups is 1. The van der Waals surface area contributed by atoms with Crippen LogP contribution in [0.3, 0.4) is 0 Å². The van der Waals surface area contributed by atoms with Gasteiger partial charge in [0.2, 0.25) is 5.91 Å². The van der Waals surface area contributed by atoms with Crippen LogP contribution < -0.4 is 10.6 Å². The second-order valence-electron chi connectivity index (χ2n) is 6.62. The lowest BCUT2D eigenvalue weighted by atomic mass is 9.93. The highest BCUT2D eigenvalue weighted by molar-refractivity contribution is 14.0. The molecular weight excluding hydrogens is 526 g/mol. The molecule has 0 aromatic heterocycles. The molecule has 2 N–H and O–H groups in total. The number of halogens is 3. The molecule has 1 amide bonds. The Morgan fingerprint density at radius 2 is 2.07 bits per heavy atom. The molecule has 1 saturated heterocycles. The summed E-state index contributed by atoms with van der Waals surface area (Å²) in [7, 11) is 3.47. The monoisotopic (exact) mass is 554 g/mol. The fraction of sp³-hybridized carbons (Fsp3) is 0.579. The van der Waals surface area contributed by atoms with Gasteiger partial charge >= 0.3 is 0 Å². The Balaban J connectivity index is 0.00000364. The number of carbonyl (C=O) groups is 1. The molecule has 152 valence electrons. The Morgan fingerprint density at radius 1 is 1.37 bits per heavy atom. The quantitative estimate of drug-likeness (QED) is 0.245. The molecule has 0 aliphatic carbocycles. The zero-order valence-electron chi connectivity index (χ0n) is 15.9. The molecule has 0 radical (unpaired) electrons. The lowest BCUT2D eigenvalue weighted by Crippen LogP contribution is -2.46. The van der Waals surface area contributed by atoms with E-state index in [1.807, 2.05) is 12.1 Å². The molecule has 0 bridgehead atoms. The maximum atomic E-state index is 13.8. The number of nitrogens with zero attached hydrogens (tertiary/aromatic N) is 2. The van der Waals surface area contributed by atoms with Crippen molar-refractivity contribution in [2.75, 3.05) is 33.7 Å². The van der Waals surface area contributed by atoms with E-state index in [1.54, 1.807) is 14.1 Å². The van der Waals surface area contributed by atoms with Crippen molar-refractivity contribution in [1.82, 2.24) is 15.5 Å². The van der Waals surface area contributed by atoms with Gasteiger partial charge in [-0.25, -0.2) is 4.39 Å². The summed E-state index contributed by atoms with van der Waals surface area (Å²) in [6, 6.07) is 5.20. The van der Waals surface area contributed by atoms with E-state index in [2.05, 4.69) is 36.5 Å². The van der Waals surface area contributed by atoms with E-state index in [-0.39, 0.29) is 35.7 Å². The number of guanidine groups is 1. The first-order chi connectivity index (χ1) is 12.5. The van der Waals surface area contributed by atoms with Gasteiger partial charge in [-0.05, 0) is 49.3 Å². The second kappa shape index (κ2) is 12.5. The van der Waals surface area contributed by atoms with Gasteiger partial charge in [0.1, 0.15) is 5.82 Å². The van der Waals surface area contributed by atoms with Gasteiger partial charge in [0.15, 0.2) is 5.96 Å². The summed E-state index contributed by atoms with van der Waals surface area (Å²) in [5.74, 6) is 1.29. The molecule has 1 aromatic rings. The number of carbonyl (C=O) groups excluding carboxylic acids is 1. The van der Waals surface area contributed by atoms with E-state index >= 15 is 0 Å². The van der Waals surface area contributed by atoms with E-state index in [1.165, 1.54) is 6.07 Å². The molecule has 1 aliphatic rings. The fourth-order valence-electron chi connectivity index (χ4n) is 3.25. The zero-order valence-corrected chi connectivity index (χ0v) is 19.8. The van der Waals surface area contributed by atoms with Gasteiger partial charge in [0.05, 0.1) is 0 Å². The number of rotatable bonds is 6. The first kappa shape index (κ1) is 24.1. The van der Waals surface area contributed by atoms with Crippen LogP contribution in [-0.4, -0.2) is 50.5 Å². The first-order valence-electron chi connectivity index (χ1n) is 9.13. The van der Waals surface area contributed by atoms with E-state index in [4.69, 9.17) is 0 Å². The topological polar surface area (TPSA) is 56.7 Å². The van der Waals surface area contributed by atoms with Gasteiger partial charge in [-0.1, -0.05) is 22.0 Å². The van der Waals surface area contributed by atoms with E-state index < -0.39 is 0 Å². The number of benzene rings is 1. The van der Waals surface area contributed by atoms with Crippen LogP contribution in [0.2, 0.25) is 0 Å². The Labute approximate surface area is 186 Å². The Morgan fingerprint density at radius 3 is 2.67 bits per heavy atom. The zero-order chi connectivity index (χ0) is 18.9. The van der Waals surface area contributed by atoms with E-state index in [9.17, 15) is 9.18 Å². The lowest BCUT2D eigenvalue weighted by Gasteiger charge is -2.34. The summed E-state index contributed by atoms with van der Waals surface area (Å²) in [6.45, 7) is 2.56. The van der Waals surface area contributed by atoms with Crippen molar-refractivity contribution < 1.29 is 9.18 Å². The van der Waals surface area contributed by atoms with Crippen LogP contribution in [0.15, 0.2) is 27.7 Å². The molecule has 1 aromatic carbocycles. The predicted octanol–water partition coefficient (Wildman–Crippen LogP) is 3.56. The number of hydrogen-bond acceptors (Lipinski definition) is 2. The van der Waals surface area contributed by atoms with Gasteiger partial charge in [-0.3, -0.25) is 9.79 Å². The van der Waals surface area contributed by atoms with Crippen LogP contribution in [-0.2, 0) is 11.2 Å². The van der Waals surface area contributed by atoms with Gasteiger partial charge < -0.3 is 15.5 Å². The summed E-state index contributed by atoms with van der Waals surface area (Å²) in [4.78, 5) is 18.1. The van der Waals surface area contributed by atoms with E-state index in [0.29, 0.717) is 18.8 Å². The van der Waals surface area contributed by atoms with Crippen molar-refractivity contribution in [3.8, 4) is 0 Å². The molecular formula is C19H29BrFIN4O. The normalized spacial score (nSPS) is 15.3. The largest absolute Gasteiger partial charge is 0.359 e. The van der Waals surface area contributed by atoms with Gasteiger partial charge in [-0.15, -0.1) is 24.0 Å². The number of aryl methyl sites for hydroxylation is 1. The fourth-order valence-corrected chi connectivity index (χ4v) is 3.58. The molecule has 5 nitrogen and oxygen atoms in total. The number of likely N-dealkylation sites (tertiary alicyclic amines) is 1. The third-order valence-corrected chi connectivity index (χ3v) is 5.29. The van der Waals surface area contributed by atoms with Crippen LogP contribution in [0.4, 0.5) is 4.39 Å². The molecule has 8 heteroatoms. The number of nitrogens with one attached hydrogen (secondary N) is 2. The molecule has 0 atom stereocenters. The van der Waals surface area contributed by atoms with Crippen molar-refractivity contribution in [3.63, 3.8) is 0 Å². The lowest BCUT2D eigenvalue weighted by molar-refractivity contribution is -0.121. The molecule has 27 heavy (non-hydrogen) atoms. The van der Waals surface area contributed by atoms with Crippen LogP contribution in [0, 0.1) is 11.7 Å². The second-order valence-corrected chi connectivity index (χ2v) is 7.54. The molecule has 0 saturated carbocycles. The standard InChI is InChI=1S/C19H28BrFN4O.HI/c1-22-18(26)12-14-7-10-25(11-8-14)19(23-2)24-9-3-4-15-5-6-16(20)13-17(15)21;/h5-6,13-14H,3-4,7-12H2,1-2H3,(H,22,26)(H,23,24);1H. The summed E-state index contributed by atoms with van der Waals surface area (Å²) in [5, 5.41) is 6.07. The molecule has 0 spiro atoms. The third-order valence-electron chi connectivity index (χ3n) is 4.80. The van der Waals surface area contributed by atoms with Gasteiger partial charge in [0.25, 0.3) is 0 Å². The minimum absolute atomic E-state index is 0. The van der Waals surface area contributed by atoms with Crippen molar-refractivity contribution in [2.24, 2.45) is 10.9 Å². The maximum Gasteiger partial charge on any atom is 0.220 e. The molecule has 2 rings (SSSR count). The van der Waals surface area contributed by atoms with Gasteiger partial charge in [0, 0.05) is 44.6 Å². The highest BCUT2D eigenvalue weighted by Gasteiger charge is 2.22. The number of amides is 1. The average Bonchev–Trinajstić information content (AvgIpc) is 2.64. The van der Waals surface area contributed by atoms with Crippen molar-refractivity contribution in [1.29, 1.82) is 0 Å². The Hall–Kier alpha value is -0.900. The Kier molecular flexibility index (Phi) is 11.2. The Bertz CT molecular complexity index is 636. The van der Waals surface area contributed by atoms with Crippen LogP contribution in [0.25, 0.3) is 0 Å². The summed E-state index contributed by atoms with van der Waals surface area (Å²) in [5.41, 5.74) is 0.736.